The lowest BCUT2D eigenvalue weighted by Crippen LogP contribution is -2.76. The van der Waals surface area contributed by atoms with Crippen LogP contribution in [0, 0.1) is 5.92 Å². The monoisotopic (exact) mass is 393 g/mol. The molecule has 0 spiro atoms. The molecule has 4 aliphatic rings. The van der Waals surface area contributed by atoms with Gasteiger partial charge in [-0.3, -0.25) is 4.90 Å². The van der Waals surface area contributed by atoms with Gasteiger partial charge in [0, 0.05) is 19.0 Å². The lowest BCUT2D eigenvalue weighted by Gasteiger charge is -2.65. The van der Waals surface area contributed by atoms with Gasteiger partial charge in [-0.1, -0.05) is 6.07 Å². The van der Waals surface area contributed by atoms with Gasteiger partial charge in [0.25, 0.3) is 0 Å². The highest BCUT2D eigenvalue weighted by atomic mass is 35.5. The maximum Gasteiger partial charge on any atom is 0.119 e. The number of piperidine rings is 1. The van der Waals surface area contributed by atoms with Crippen LogP contribution in [0.1, 0.15) is 50.7 Å². The maximum absolute atomic E-state index is 12.2. The van der Waals surface area contributed by atoms with E-state index in [1.165, 1.54) is 24.0 Å². The van der Waals surface area contributed by atoms with Crippen molar-refractivity contribution in [3.63, 3.8) is 0 Å². The summed E-state index contributed by atoms with van der Waals surface area (Å²) >= 11 is 0. The fourth-order valence-corrected chi connectivity index (χ4v) is 5.94. The van der Waals surface area contributed by atoms with Gasteiger partial charge in [-0.2, -0.15) is 0 Å². The first-order valence-corrected chi connectivity index (χ1v) is 10.1. The third-order valence-corrected chi connectivity index (χ3v) is 7.49. The van der Waals surface area contributed by atoms with Gasteiger partial charge in [0.05, 0.1) is 30.3 Å². The third-order valence-electron chi connectivity index (χ3n) is 7.49. The predicted molar refractivity (Wildman–Crippen MR) is 108 cm³/mol. The van der Waals surface area contributed by atoms with E-state index in [-0.39, 0.29) is 29.5 Å². The van der Waals surface area contributed by atoms with Gasteiger partial charge in [0.15, 0.2) is 0 Å². The zero-order chi connectivity index (χ0) is 18.2. The van der Waals surface area contributed by atoms with Gasteiger partial charge in [0.2, 0.25) is 0 Å². The van der Waals surface area contributed by atoms with Crippen molar-refractivity contribution in [1.82, 2.24) is 4.90 Å². The van der Waals surface area contributed by atoms with Crippen LogP contribution in [0.4, 0.5) is 0 Å². The van der Waals surface area contributed by atoms with Gasteiger partial charge in [-0.25, -0.2) is 0 Å². The summed E-state index contributed by atoms with van der Waals surface area (Å²) in [6, 6.07) is 6.63. The molecule has 1 aromatic rings. The Hall–Kier alpha value is -0.810. The van der Waals surface area contributed by atoms with Crippen LogP contribution in [0.25, 0.3) is 0 Å². The molecule has 2 heterocycles. The molecule has 5 heteroatoms. The molecule has 150 valence electrons. The van der Waals surface area contributed by atoms with Gasteiger partial charge < -0.3 is 14.6 Å². The Morgan fingerprint density at radius 3 is 2.78 bits per heavy atom. The first-order valence-electron chi connectivity index (χ1n) is 10.1. The van der Waals surface area contributed by atoms with Crippen molar-refractivity contribution in [3.8, 4) is 5.75 Å². The topological polar surface area (TPSA) is 41.9 Å². The number of hydrogen-bond donors (Lipinski definition) is 1. The molecule has 1 N–H and O–H groups in total. The van der Waals surface area contributed by atoms with Crippen molar-refractivity contribution in [3.05, 3.63) is 29.3 Å². The minimum Gasteiger partial charge on any atom is -0.497 e. The molecule has 0 unspecified atom stereocenters. The molecule has 2 aliphatic carbocycles. The first-order chi connectivity index (χ1) is 12.4. The van der Waals surface area contributed by atoms with E-state index in [0.717, 1.165) is 37.6 Å². The first kappa shape index (κ1) is 19.5. The van der Waals surface area contributed by atoms with Crippen LogP contribution in [0.5, 0.6) is 5.75 Å². The Labute approximate surface area is 168 Å². The lowest BCUT2D eigenvalue weighted by atomic mass is 9.51. The molecular formula is C22H32ClNO3. The third kappa shape index (κ3) is 2.83. The highest BCUT2D eigenvalue weighted by molar-refractivity contribution is 5.85. The number of ether oxygens (including phenoxy) is 2. The Morgan fingerprint density at radius 1 is 1.30 bits per heavy atom. The standard InChI is InChI=1S/C22H31NO3.ClH/c1-20(2)13-22(24)19-10-16-6-7-17(25-3)11-18(16)21(22,14-26-20)8-9-23(19)12-15-4-5-15;/h6-7,11,15,19,24H,4-5,8-10,12-14H2,1-3H3;1H/t19-,21-,22-;/m1./s1. The largest absolute Gasteiger partial charge is 0.497 e. The number of hydrogen-bond acceptors (Lipinski definition) is 4. The Bertz CT molecular complexity index is 734. The molecule has 0 radical (unpaired) electrons. The van der Waals surface area contributed by atoms with Gasteiger partial charge in [-0.05, 0) is 75.3 Å². The summed E-state index contributed by atoms with van der Waals surface area (Å²) in [5, 5.41) is 12.2. The fourth-order valence-electron chi connectivity index (χ4n) is 5.94. The minimum absolute atomic E-state index is 0. The van der Waals surface area contributed by atoms with E-state index in [9.17, 15) is 5.11 Å². The quantitative estimate of drug-likeness (QED) is 0.855. The van der Waals surface area contributed by atoms with E-state index < -0.39 is 5.60 Å². The molecule has 5 rings (SSSR count). The second kappa shape index (κ2) is 6.35. The average Bonchev–Trinajstić information content (AvgIpc) is 3.40. The molecule has 1 saturated carbocycles. The van der Waals surface area contributed by atoms with Crippen molar-refractivity contribution in [1.29, 1.82) is 0 Å². The number of benzene rings is 1. The molecule has 2 bridgehead atoms. The number of aliphatic hydroxyl groups is 1. The minimum atomic E-state index is -0.735. The van der Waals surface area contributed by atoms with Crippen molar-refractivity contribution >= 4 is 12.4 Å². The van der Waals surface area contributed by atoms with E-state index >= 15 is 0 Å². The number of rotatable bonds is 3. The summed E-state index contributed by atoms with van der Waals surface area (Å²) < 4.78 is 11.8. The van der Waals surface area contributed by atoms with E-state index in [2.05, 4.69) is 36.9 Å². The SMILES string of the molecule is COc1ccc2c(c1)[C@]13CCN(CC4CC4)[C@H](C2)[C@]1(O)CC(C)(C)OC3.Cl. The number of methoxy groups -OCH3 is 1. The van der Waals surface area contributed by atoms with Crippen molar-refractivity contribution in [2.75, 3.05) is 26.8 Å². The van der Waals surface area contributed by atoms with Gasteiger partial charge in [-0.15, -0.1) is 12.4 Å². The van der Waals surface area contributed by atoms with Crippen LogP contribution in [0.15, 0.2) is 18.2 Å². The normalized spacial score (nSPS) is 37.0. The zero-order valence-corrected chi connectivity index (χ0v) is 17.5. The van der Waals surface area contributed by atoms with Crippen LogP contribution >= 0.6 is 12.4 Å². The summed E-state index contributed by atoms with van der Waals surface area (Å²) in [4.78, 5) is 2.60. The van der Waals surface area contributed by atoms with Crippen LogP contribution < -0.4 is 4.74 Å². The summed E-state index contributed by atoms with van der Waals surface area (Å²) in [5.74, 6) is 1.72. The number of fused-ring (bicyclic) bond motifs is 1. The number of halogens is 1. The van der Waals surface area contributed by atoms with Crippen molar-refractivity contribution in [2.24, 2.45) is 5.92 Å². The molecular weight excluding hydrogens is 362 g/mol. The van der Waals surface area contributed by atoms with E-state index in [4.69, 9.17) is 9.47 Å². The average molecular weight is 394 g/mol. The van der Waals surface area contributed by atoms with Crippen LogP contribution in [0.3, 0.4) is 0 Å². The fraction of sp³-hybridized carbons (Fsp3) is 0.727. The maximum atomic E-state index is 12.2. The highest BCUT2D eigenvalue weighted by Crippen LogP contribution is 2.58. The molecule has 0 aromatic heterocycles. The predicted octanol–water partition coefficient (Wildman–Crippen LogP) is 3.33. The summed E-state index contributed by atoms with van der Waals surface area (Å²) in [6.07, 6.45) is 5.30. The lowest BCUT2D eigenvalue weighted by molar-refractivity contribution is -0.244. The molecule has 4 nitrogen and oxygen atoms in total. The van der Waals surface area contributed by atoms with Crippen molar-refractivity contribution < 1.29 is 14.6 Å². The van der Waals surface area contributed by atoms with Crippen LogP contribution in [-0.2, 0) is 16.6 Å². The zero-order valence-electron chi connectivity index (χ0n) is 16.7. The van der Waals surface area contributed by atoms with Crippen LogP contribution in [-0.4, -0.2) is 54.1 Å². The molecule has 3 fully saturated rings. The number of nitrogens with zero attached hydrogens (tertiary/aromatic N) is 1. The molecule has 0 amide bonds. The molecule has 2 saturated heterocycles. The number of likely N-dealkylation sites (tertiary alicyclic amines) is 1. The van der Waals surface area contributed by atoms with E-state index in [1.54, 1.807) is 7.11 Å². The second-order valence-corrected chi connectivity index (χ2v) is 9.66. The Kier molecular flexibility index (Phi) is 4.59. The van der Waals surface area contributed by atoms with E-state index in [0.29, 0.717) is 13.0 Å². The molecule has 1 aromatic carbocycles. The van der Waals surface area contributed by atoms with Gasteiger partial charge >= 0.3 is 0 Å². The molecule has 2 aliphatic heterocycles. The summed E-state index contributed by atoms with van der Waals surface area (Å²) in [5.41, 5.74) is 1.30. The van der Waals surface area contributed by atoms with Crippen LogP contribution in [0.2, 0.25) is 0 Å². The summed E-state index contributed by atoms with van der Waals surface area (Å²) in [7, 11) is 1.72. The van der Waals surface area contributed by atoms with Crippen molar-refractivity contribution in [2.45, 2.75) is 68.6 Å². The Morgan fingerprint density at radius 2 is 2.07 bits per heavy atom. The second-order valence-electron chi connectivity index (χ2n) is 9.66. The summed E-state index contributed by atoms with van der Waals surface area (Å²) in [6.45, 7) is 7.06. The van der Waals surface area contributed by atoms with Gasteiger partial charge in [0.1, 0.15) is 5.75 Å². The van der Waals surface area contributed by atoms with E-state index in [1.807, 2.05) is 0 Å². The molecule has 3 atom stereocenters. The molecule has 27 heavy (non-hydrogen) atoms. The highest BCUT2D eigenvalue weighted by Gasteiger charge is 2.66. The smallest absolute Gasteiger partial charge is 0.119 e. The Balaban J connectivity index is 0.00000180.